The molecule has 0 aromatic heterocycles. The predicted octanol–water partition coefficient (Wildman–Crippen LogP) is 7.50. The second-order valence-corrected chi connectivity index (χ2v) is 9.76. The van der Waals surface area contributed by atoms with Gasteiger partial charge in [0.2, 0.25) is 5.91 Å². The van der Waals surface area contributed by atoms with E-state index in [4.69, 9.17) is 21.6 Å². The molecular formula is C27H26ClN3OS. The Morgan fingerprint density at radius 3 is 2.15 bits per heavy atom. The van der Waals surface area contributed by atoms with Gasteiger partial charge in [0.15, 0.2) is 0 Å². The minimum Gasteiger partial charge on any atom is -0.325 e. The Balaban J connectivity index is 1.59. The van der Waals surface area contributed by atoms with E-state index >= 15 is 0 Å². The van der Waals surface area contributed by atoms with Crippen molar-refractivity contribution in [1.82, 2.24) is 0 Å². The number of thioether (sulfide) groups is 1. The topological polar surface area (TPSA) is 53.8 Å². The van der Waals surface area contributed by atoms with Crippen LogP contribution in [0.1, 0.15) is 34.2 Å². The molecule has 1 aliphatic rings. The van der Waals surface area contributed by atoms with Gasteiger partial charge in [0, 0.05) is 17.1 Å². The normalized spacial score (nSPS) is 13.0. The number of rotatable bonds is 4. The maximum Gasteiger partial charge on any atom is 0.234 e. The van der Waals surface area contributed by atoms with E-state index in [1.54, 1.807) is 0 Å². The molecule has 1 amide bonds. The monoisotopic (exact) mass is 475 g/mol. The Hall–Kier alpha value is -2.89. The minimum absolute atomic E-state index is 0.0466. The van der Waals surface area contributed by atoms with Crippen LogP contribution in [-0.4, -0.2) is 22.4 Å². The maximum atomic E-state index is 12.7. The fraction of sp³-hybridized carbons (Fsp3) is 0.222. The molecule has 168 valence electrons. The Bertz CT molecular complexity index is 1260. The number of amides is 1. The molecular weight excluding hydrogens is 450 g/mol. The number of aliphatic imine (C=N–C) groups is 2. The number of hydrogen-bond donors (Lipinski definition) is 1. The number of para-hydroxylation sites is 1. The predicted molar refractivity (Wildman–Crippen MR) is 142 cm³/mol. The number of aryl methyl sites for hydroxylation is 4. The zero-order valence-electron chi connectivity index (χ0n) is 19.2. The smallest absolute Gasteiger partial charge is 0.234 e. The van der Waals surface area contributed by atoms with Crippen molar-refractivity contribution < 1.29 is 4.79 Å². The standard InChI is InChI=1S/C27H26ClN3OS/c1-16-6-5-7-17(2)27(16)31-25(32)15-33-26-14-22(20-8-10-21(28)11-9-20)29-23-12-18(3)19(4)13-24(23)30-26/h5-13H,14-15H2,1-4H3,(H,31,32). The SMILES string of the molecule is Cc1cc2c(cc1C)N=C(c1ccc(Cl)cc1)CC(SCC(=O)Nc1c(C)cccc1C)=N2. The number of carbonyl (C=O) groups is 1. The third-order valence-electron chi connectivity index (χ3n) is 5.70. The number of carbonyl (C=O) groups excluding carboxylic acids is 1. The Kier molecular flexibility index (Phi) is 7.01. The van der Waals surface area contributed by atoms with Gasteiger partial charge in [-0.05, 0) is 79.8 Å². The van der Waals surface area contributed by atoms with Crippen LogP contribution in [0.2, 0.25) is 5.02 Å². The first-order chi connectivity index (χ1) is 15.8. The molecule has 1 N–H and O–H groups in total. The first-order valence-corrected chi connectivity index (χ1v) is 12.2. The van der Waals surface area contributed by atoms with Crippen molar-refractivity contribution in [3.8, 4) is 0 Å². The third kappa shape index (κ3) is 5.55. The van der Waals surface area contributed by atoms with Gasteiger partial charge in [-0.25, -0.2) is 4.99 Å². The van der Waals surface area contributed by atoms with Crippen molar-refractivity contribution >= 4 is 57.1 Å². The Morgan fingerprint density at radius 2 is 1.52 bits per heavy atom. The van der Waals surface area contributed by atoms with Crippen LogP contribution < -0.4 is 5.32 Å². The summed E-state index contributed by atoms with van der Waals surface area (Å²) in [5, 5.41) is 4.61. The Morgan fingerprint density at radius 1 is 0.909 bits per heavy atom. The van der Waals surface area contributed by atoms with Gasteiger partial charge in [0.05, 0.1) is 27.9 Å². The summed E-state index contributed by atoms with van der Waals surface area (Å²) in [4.78, 5) is 22.6. The van der Waals surface area contributed by atoms with Crippen molar-refractivity contribution in [3.05, 3.63) is 87.4 Å². The summed E-state index contributed by atoms with van der Waals surface area (Å²) in [6.07, 6.45) is 0.551. The fourth-order valence-corrected chi connectivity index (χ4v) is 4.59. The maximum absolute atomic E-state index is 12.7. The molecule has 0 atom stereocenters. The second-order valence-electron chi connectivity index (χ2n) is 8.28. The van der Waals surface area contributed by atoms with E-state index in [1.807, 2.05) is 56.3 Å². The summed E-state index contributed by atoms with van der Waals surface area (Å²) in [6.45, 7) is 8.16. The number of nitrogens with one attached hydrogen (secondary N) is 1. The van der Waals surface area contributed by atoms with E-state index in [0.717, 1.165) is 44.5 Å². The molecule has 3 aromatic rings. The third-order valence-corrected chi connectivity index (χ3v) is 6.93. The molecule has 0 radical (unpaired) electrons. The minimum atomic E-state index is -0.0466. The molecule has 6 heteroatoms. The number of anilines is 1. The zero-order valence-corrected chi connectivity index (χ0v) is 20.8. The number of nitrogens with zero attached hydrogens (tertiary/aromatic N) is 2. The quantitative estimate of drug-likeness (QED) is 0.424. The van der Waals surface area contributed by atoms with Gasteiger partial charge in [-0.3, -0.25) is 9.79 Å². The summed E-state index contributed by atoms with van der Waals surface area (Å²) < 4.78 is 0. The van der Waals surface area contributed by atoms with Crippen molar-refractivity contribution in [2.45, 2.75) is 34.1 Å². The molecule has 0 fully saturated rings. The summed E-state index contributed by atoms with van der Waals surface area (Å²) in [5.41, 5.74) is 8.92. The molecule has 0 saturated heterocycles. The van der Waals surface area contributed by atoms with E-state index in [1.165, 1.54) is 22.9 Å². The van der Waals surface area contributed by atoms with Gasteiger partial charge in [0.25, 0.3) is 0 Å². The molecule has 3 aromatic carbocycles. The molecule has 33 heavy (non-hydrogen) atoms. The van der Waals surface area contributed by atoms with Crippen LogP contribution in [0.3, 0.4) is 0 Å². The van der Waals surface area contributed by atoms with Gasteiger partial charge in [0.1, 0.15) is 0 Å². The molecule has 0 saturated carbocycles. The van der Waals surface area contributed by atoms with Crippen LogP contribution in [0.15, 0.2) is 64.6 Å². The van der Waals surface area contributed by atoms with Gasteiger partial charge in [-0.15, -0.1) is 11.8 Å². The van der Waals surface area contributed by atoms with E-state index in [0.29, 0.717) is 11.4 Å². The lowest BCUT2D eigenvalue weighted by molar-refractivity contribution is -0.113. The average Bonchev–Trinajstić information content (AvgIpc) is 2.95. The van der Waals surface area contributed by atoms with Crippen LogP contribution in [0, 0.1) is 27.7 Å². The molecule has 1 aliphatic heterocycles. The Labute approximate surface area is 204 Å². The number of benzene rings is 3. The van der Waals surface area contributed by atoms with Crippen molar-refractivity contribution in [3.63, 3.8) is 0 Å². The van der Waals surface area contributed by atoms with E-state index in [2.05, 4.69) is 31.3 Å². The summed E-state index contributed by atoms with van der Waals surface area (Å²) in [6, 6.07) is 17.8. The van der Waals surface area contributed by atoms with Gasteiger partial charge in [-0.2, -0.15) is 0 Å². The van der Waals surface area contributed by atoms with Crippen molar-refractivity contribution in [2.24, 2.45) is 9.98 Å². The van der Waals surface area contributed by atoms with E-state index in [-0.39, 0.29) is 11.7 Å². The van der Waals surface area contributed by atoms with Gasteiger partial charge < -0.3 is 5.32 Å². The number of fused-ring (bicyclic) bond motifs is 1. The van der Waals surface area contributed by atoms with Crippen molar-refractivity contribution in [2.75, 3.05) is 11.1 Å². The average molecular weight is 476 g/mol. The number of halogens is 1. The van der Waals surface area contributed by atoms with E-state index in [9.17, 15) is 4.79 Å². The summed E-state index contributed by atoms with van der Waals surface area (Å²) in [5.74, 6) is 0.232. The summed E-state index contributed by atoms with van der Waals surface area (Å²) in [7, 11) is 0. The molecule has 0 aliphatic carbocycles. The molecule has 0 bridgehead atoms. The van der Waals surface area contributed by atoms with Gasteiger partial charge >= 0.3 is 0 Å². The summed E-state index contributed by atoms with van der Waals surface area (Å²) >= 11 is 7.55. The molecule has 0 spiro atoms. The zero-order chi connectivity index (χ0) is 23.5. The van der Waals surface area contributed by atoms with Crippen LogP contribution in [0.4, 0.5) is 17.1 Å². The fourth-order valence-electron chi connectivity index (χ4n) is 3.70. The number of hydrogen-bond acceptors (Lipinski definition) is 4. The second kappa shape index (κ2) is 9.94. The lowest BCUT2D eigenvalue weighted by Gasteiger charge is -2.12. The van der Waals surface area contributed by atoms with Crippen molar-refractivity contribution in [1.29, 1.82) is 0 Å². The molecule has 0 unspecified atom stereocenters. The highest BCUT2D eigenvalue weighted by molar-refractivity contribution is 8.14. The van der Waals surface area contributed by atoms with Crippen LogP contribution in [-0.2, 0) is 4.79 Å². The first-order valence-electron chi connectivity index (χ1n) is 10.8. The highest BCUT2D eigenvalue weighted by Crippen LogP contribution is 2.36. The molecule has 4 rings (SSSR count). The van der Waals surface area contributed by atoms with E-state index < -0.39 is 0 Å². The largest absolute Gasteiger partial charge is 0.325 e. The van der Waals surface area contributed by atoms with Gasteiger partial charge in [-0.1, -0.05) is 41.9 Å². The van der Waals surface area contributed by atoms with Crippen LogP contribution in [0.25, 0.3) is 0 Å². The van der Waals surface area contributed by atoms with Crippen LogP contribution >= 0.6 is 23.4 Å². The van der Waals surface area contributed by atoms with Crippen LogP contribution in [0.5, 0.6) is 0 Å². The lowest BCUT2D eigenvalue weighted by atomic mass is 10.1. The molecule has 1 heterocycles. The first kappa shape index (κ1) is 23.3. The molecule has 4 nitrogen and oxygen atoms in total. The highest BCUT2D eigenvalue weighted by atomic mass is 35.5. The highest BCUT2D eigenvalue weighted by Gasteiger charge is 2.18. The lowest BCUT2D eigenvalue weighted by Crippen LogP contribution is -2.17.